The Balaban J connectivity index is 1.04. The molecular weight excluding hydrogens is 1100 g/mol. The molecule has 0 bridgehead atoms. The van der Waals surface area contributed by atoms with E-state index in [0.29, 0.717) is 33.4 Å². The highest BCUT2D eigenvalue weighted by atomic mass is 16.3. The first-order valence-corrected chi connectivity index (χ1v) is 32.7. The number of hydrogen-bond donors (Lipinski definition) is 6. The summed E-state index contributed by atoms with van der Waals surface area (Å²) in [5.41, 5.74) is 11.1. The van der Waals surface area contributed by atoms with E-state index in [-0.39, 0.29) is 34.5 Å². The molecule has 0 aliphatic carbocycles. The number of aromatic hydroxyl groups is 6. The molecule has 0 fully saturated rings. The Hall–Kier alpha value is -9.78. The van der Waals surface area contributed by atoms with Gasteiger partial charge in [-0.3, -0.25) is 0 Å². The number of fused-ring (bicyclic) bond motifs is 6. The van der Waals surface area contributed by atoms with Gasteiger partial charge in [0.15, 0.2) is 0 Å². The molecule has 0 heterocycles. The molecule has 6 N–H and O–H groups in total. The van der Waals surface area contributed by atoms with Crippen LogP contribution in [-0.4, -0.2) is 30.6 Å². The number of aryl methyl sites for hydroxylation is 3. The lowest BCUT2D eigenvalue weighted by Crippen LogP contribution is -1.95. The third-order valence-corrected chi connectivity index (χ3v) is 18.9. The van der Waals surface area contributed by atoms with Crippen LogP contribution in [0.25, 0.3) is 131 Å². The van der Waals surface area contributed by atoms with Crippen LogP contribution in [0.1, 0.15) is 115 Å². The summed E-state index contributed by atoms with van der Waals surface area (Å²) in [7, 11) is 0. The molecule has 0 unspecified atom stereocenters. The molecule has 0 aliphatic heterocycles. The number of phenolic OH excluding ortho intramolecular Hbond substituents is 6. The minimum Gasteiger partial charge on any atom is -0.507 e. The quantitative estimate of drug-likeness (QED) is 0.0399. The van der Waals surface area contributed by atoms with Crippen molar-refractivity contribution in [1.82, 2.24) is 0 Å². The molecule has 6 heteroatoms. The van der Waals surface area contributed by atoms with Crippen LogP contribution >= 0.6 is 0 Å². The SMILES string of the molecule is CCCCCCc1cc(O)c(-c2c(O)cc(-c3cc(-c4cc(O)c(-c5c(O)cc(CCCCCC)c6ccccc56)c5ccccc45)cc(-c4cc(O)c(-c5c(O)cc(CCCCCC)c6ccccc56)c5ccccc45)c3)c3ccccc23)c2ccccc12. The minimum atomic E-state index is 0.00437. The Kier molecular flexibility index (Phi) is 16.9. The van der Waals surface area contributed by atoms with E-state index < -0.39 is 0 Å². The van der Waals surface area contributed by atoms with Gasteiger partial charge in [-0.1, -0.05) is 224 Å². The fraction of sp³-hybridized carbons (Fsp3) is 0.214. The maximum absolute atomic E-state index is 12.8. The highest BCUT2D eigenvalue weighted by Gasteiger charge is 2.27. The normalized spacial score (nSPS) is 11.8. The van der Waals surface area contributed by atoms with E-state index in [1.54, 1.807) is 0 Å². The van der Waals surface area contributed by atoms with Crippen LogP contribution in [-0.2, 0) is 19.3 Å². The first-order chi connectivity index (χ1) is 44.1. The second-order valence-corrected chi connectivity index (χ2v) is 24.7. The predicted molar refractivity (Wildman–Crippen MR) is 378 cm³/mol. The molecular formula is C84H78O6. The van der Waals surface area contributed by atoms with Gasteiger partial charge in [-0.05, 0) is 208 Å². The van der Waals surface area contributed by atoms with Gasteiger partial charge in [-0.2, -0.15) is 0 Å². The summed E-state index contributed by atoms with van der Waals surface area (Å²) >= 11 is 0. The summed E-state index contributed by atoms with van der Waals surface area (Å²) < 4.78 is 0. The summed E-state index contributed by atoms with van der Waals surface area (Å²) in [6.45, 7) is 6.63. The van der Waals surface area contributed by atoms with Gasteiger partial charge in [0, 0.05) is 33.4 Å². The van der Waals surface area contributed by atoms with Crippen molar-refractivity contribution in [2.45, 2.75) is 117 Å². The summed E-state index contributed by atoms with van der Waals surface area (Å²) in [4.78, 5) is 0. The molecule has 13 aromatic carbocycles. The van der Waals surface area contributed by atoms with E-state index in [4.69, 9.17) is 0 Å². The molecule has 13 rings (SSSR count). The lowest BCUT2D eigenvalue weighted by atomic mass is 9.83. The average molecular weight is 1180 g/mol. The van der Waals surface area contributed by atoms with Crippen molar-refractivity contribution < 1.29 is 30.6 Å². The molecule has 0 radical (unpaired) electrons. The van der Waals surface area contributed by atoms with Crippen LogP contribution in [0.2, 0.25) is 0 Å². The van der Waals surface area contributed by atoms with E-state index in [0.717, 1.165) is 211 Å². The van der Waals surface area contributed by atoms with Crippen molar-refractivity contribution in [2.75, 3.05) is 0 Å². The first kappa shape index (κ1) is 59.2. The Morgan fingerprint density at radius 2 is 0.411 bits per heavy atom. The Morgan fingerprint density at radius 1 is 0.211 bits per heavy atom. The number of benzene rings is 13. The highest BCUT2D eigenvalue weighted by Crippen LogP contribution is 2.54. The fourth-order valence-electron chi connectivity index (χ4n) is 14.6. The standard InChI is InChI=1S/C84H78O6/c1-4-7-10-13-28-52-46-73(85)79(64-37-22-16-31-58(52)64)82-67-40-25-19-34-61(67)70(49-76(82)88)55-43-56(71-50-77(89)83(68-41-26-20-35-62(68)71)80-65-38-23-17-32-59(65)53(47-74(80)86)29-14-11-8-5-2)45-57(44-55)72-51-78(90)84(69-42-27-21-36-63(69)72)81-66-39-24-18-33-60(66)54(48-75(81)87)30-15-12-9-6-3/h16-27,31-51,85-90H,4-15,28-30H2,1-3H3. The van der Waals surface area contributed by atoms with Gasteiger partial charge < -0.3 is 30.6 Å². The summed E-state index contributed by atoms with van der Waals surface area (Å²) in [5, 5.41) is 85.6. The number of unbranched alkanes of at least 4 members (excludes halogenated alkanes) is 9. The summed E-state index contributed by atoms with van der Waals surface area (Å²) in [6.07, 6.45) is 15.8. The van der Waals surface area contributed by atoms with Crippen molar-refractivity contribution in [3.05, 3.63) is 217 Å². The molecule has 0 aliphatic rings. The second-order valence-electron chi connectivity index (χ2n) is 24.7. The lowest BCUT2D eigenvalue weighted by Gasteiger charge is -2.21. The van der Waals surface area contributed by atoms with Gasteiger partial charge in [-0.25, -0.2) is 0 Å². The highest BCUT2D eigenvalue weighted by molar-refractivity contribution is 6.18. The van der Waals surface area contributed by atoms with Gasteiger partial charge in [0.1, 0.15) is 34.5 Å². The van der Waals surface area contributed by atoms with Gasteiger partial charge >= 0.3 is 0 Å². The number of rotatable bonds is 21. The van der Waals surface area contributed by atoms with Crippen LogP contribution in [0.5, 0.6) is 34.5 Å². The molecule has 13 aromatic rings. The van der Waals surface area contributed by atoms with E-state index >= 15 is 0 Å². The van der Waals surface area contributed by atoms with Gasteiger partial charge in [-0.15, -0.1) is 0 Å². The second kappa shape index (κ2) is 25.7. The van der Waals surface area contributed by atoms with Crippen LogP contribution in [0.3, 0.4) is 0 Å². The topological polar surface area (TPSA) is 121 Å². The Bertz CT molecular complexity index is 4380. The maximum Gasteiger partial charge on any atom is 0.124 e. The molecule has 0 atom stereocenters. The summed E-state index contributed by atoms with van der Waals surface area (Å²) in [6, 6.07) is 66.1. The third-order valence-electron chi connectivity index (χ3n) is 18.9. The van der Waals surface area contributed by atoms with Gasteiger partial charge in [0.05, 0.1) is 0 Å². The van der Waals surface area contributed by atoms with E-state index in [9.17, 15) is 30.6 Å². The molecule has 90 heavy (non-hydrogen) atoms. The monoisotopic (exact) mass is 1180 g/mol. The zero-order chi connectivity index (χ0) is 62.0. The van der Waals surface area contributed by atoms with Crippen molar-refractivity contribution in [1.29, 1.82) is 0 Å². The molecule has 0 amide bonds. The molecule has 0 spiro atoms. The fourth-order valence-corrected chi connectivity index (χ4v) is 14.6. The molecule has 0 aromatic heterocycles. The lowest BCUT2D eigenvalue weighted by molar-refractivity contribution is 0.470. The zero-order valence-corrected chi connectivity index (χ0v) is 51.8. The van der Waals surface area contributed by atoms with Crippen LogP contribution in [0.4, 0.5) is 0 Å². The predicted octanol–water partition coefficient (Wildman–Crippen LogP) is 23.2. The molecule has 0 saturated carbocycles. The van der Waals surface area contributed by atoms with Crippen LogP contribution in [0, 0.1) is 0 Å². The van der Waals surface area contributed by atoms with Crippen molar-refractivity contribution in [2.24, 2.45) is 0 Å². The van der Waals surface area contributed by atoms with Crippen molar-refractivity contribution in [3.63, 3.8) is 0 Å². The molecule has 6 nitrogen and oxygen atoms in total. The van der Waals surface area contributed by atoms with Gasteiger partial charge in [0.2, 0.25) is 0 Å². The molecule has 0 saturated heterocycles. The van der Waals surface area contributed by atoms with Crippen LogP contribution in [0.15, 0.2) is 200 Å². The molecule has 450 valence electrons. The third kappa shape index (κ3) is 11.0. The summed E-state index contributed by atoms with van der Waals surface area (Å²) in [5.74, 6) is 0.350. The first-order valence-electron chi connectivity index (χ1n) is 32.7. The Labute approximate surface area is 527 Å². The van der Waals surface area contributed by atoms with E-state index in [2.05, 4.69) is 75.4 Å². The Morgan fingerprint density at radius 3 is 0.644 bits per heavy atom. The zero-order valence-electron chi connectivity index (χ0n) is 51.8. The van der Waals surface area contributed by atoms with Crippen molar-refractivity contribution in [3.8, 4) is 101 Å². The minimum absolute atomic E-state index is 0.00437. The van der Waals surface area contributed by atoms with E-state index in [1.807, 2.05) is 146 Å². The number of hydrogen-bond acceptors (Lipinski definition) is 6. The average Bonchev–Trinajstić information content (AvgIpc) is 0.760. The smallest absolute Gasteiger partial charge is 0.124 e. The van der Waals surface area contributed by atoms with E-state index in [1.165, 1.54) is 0 Å². The number of phenols is 6. The van der Waals surface area contributed by atoms with Crippen molar-refractivity contribution >= 4 is 64.6 Å². The van der Waals surface area contributed by atoms with Gasteiger partial charge in [0.25, 0.3) is 0 Å². The maximum atomic E-state index is 12.8. The van der Waals surface area contributed by atoms with Crippen LogP contribution < -0.4 is 0 Å². The largest absolute Gasteiger partial charge is 0.507 e.